The third-order valence-corrected chi connectivity index (χ3v) is 6.03. The predicted octanol–water partition coefficient (Wildman–Crippen LogP) is 2.98. The molecule has 3 aromatic rings. The molecule has 1 atom stereocenters. The molecule has 1 aliphatic rings. The number of hydrogen-bond donors (Lipinski definition) is 1. The first-order valence-corrected chi connectivity index (χ1v) is 11.3. The Balaban J connectivity index is 1.43. The lowest BCUT2D eigenvalue weighted by Gasteiger charge is -2.35. The van der Waals surface area contributed by atoms with Gasteiger partial charge < -0.3 is 15.0 Å². The summed E-state index contributed by atoms with van der Waals surface area (Å²) in [6, 6.07) is 15.4. The maximum atomic E-state index is 13.1. The number of hydrogen-bond acceptors (Lipinski definition) is 5. The minimum absolute atomic E-state index is 0.0557. The SMILES string of the molecule is CCOc1ccc(CN2CCNC(=O)[C@H]2CC(=O)N(C)Cc2cccc3cnccc23)cc1. The van der Waals surface area contributed by atoms with Gasteiger partial charge in [0.2, 0.25) is 11.8 Å². The molecule has 1 N–H and O–H groups in total. The van der Waals surface area contributed by atoms with E-state index < -0.39 is 6.04 Å². The number of fused-ring (bicyclic) bond motifs is 1. The quantitative estimate of drug-likeness (QED) is 0.576. The van der Waals surface area contributed by atoms with Crippen molar-refractivity contribution in [1.29, 1.82) is 0 Å². The minimum Gasteiger partial charge on any atom is -0.494 e. The van der Waals surface area contributed by atoms with Gasteiger partial charge in [0, 0.05) is 51.0 Å². The molecule has 2 aromatic carbocycles. The Hall–Kier alpha value is -3.45. The molecule has 172 valence electrons. The summed E-state index contributed by atoms with van der Waals surface area (Å²) in [6.45, 7) is 4.96. The van der Waals surface area contributed by atoms with E-state index in [1.807, 2.05) is 61.7 Å². The van der Waals surface area contributed by atoms with Crippen LogP contribution in [0.1, 0.15) is 24.5 Å². The van der Waals surface area contributed by atoms with E-state index in [0.29, 0.717) is 32.8 Å². The lowest BCUT2D eigenvalue weighted by molar-refractivity contribution is -0.138. The van der Waals surface area contributed by atoms with Crippen LogP contribution in [-0.2, 0) is 22.7 Å². The molecule has 1 fully saturated rings. The van der Waals surface area contributed by atoms with Crippen molar-refractivity contribution >= 4 is 22.6 Å². The monoisotopic (exact) mass is 446 g/mol. The van der Waals surface area contributed by atoms with Crippen LogP contribution in [0, 0.1) is 0 Å². The van der Waals surface area contributed by atoms with Crippen molar-refractivity contribution in [1.82, 2.24) is 20.1 Å². The number of carbonyl (C=O) groups is 2. The summed E-state index contributed by atoms with van der Waals surface area (Å²) in [6.07, 6.45) is 3.73. The molecule has 0 spiro atoms. The first kappa shape index (κ1) is 22.7. The van der Waals surface area contributed by atoms with E-state index >= 15 is 0 Å². The molecule has 1 aliphatic heterocycles. The molecule has 0 aliphatic carbocycles. The Bertz CT molecular complexity index is 1110. The summed E-state index contributed by atoms with van der Waals surface area (Å²) in [5.41, 5.74) is 2.15. The summed E-state index contributed by atoms with van der Waals surface area (Å²) in [4.78, 5) is 33.7. The Labute approximate surface area is 194 Å². The number of piperazine rings is 1. The molecule has 0 bridgehead atoms. The zero-order chi connectivity index (χ0) is 23.2. The fourth-order valence-corrected chi connectivity index (χ4v) is 4.26. The van der Waals surface area contributed by atoms with Gasteiger partial charge in [-0.05, 0) is 41.6 Å². The smallest absolute Gasteiger partial charge is 0.237 e. The van der Waals surface area contributed by atoms with E-state index in [1.165, 1.54) is 0 Å². The fraction of sp³-hybridized carbons (Fsp3) is 0.346. The number of nitrogens with zero attached hydrogens (tertiary/aromatic N) is 3. The first-order valence-electron chi connectivity index (χ1n) is 11.3. The summed E-state index contributed by atoms with van der Waals surface area (Å²) in [5, 5.41) is 5.04. The average molecular weight is 447 g/mol. The van der Waals surface area contributed by atoms with Crippen LogP contribution in [0.15, 0.2) is 60.9 Å². The van der Waals surface area contributed by atoms with Crippen LogP contribution in [0.4, 0.5) is 0 Å². The van der Waals surface area contributed by atoms with Crippen LogP contribution in [0.25, 0.3) is 10.8 Å². The van der Waals surface area contributed by atoms with E-state index in [2.05, 4.69) is 15.2 Å². The Morgan fingerprint density at radius 3 is 2.82 bits per heavy atom. The average Bonchev–Trinajstić information content (AvgIpc) is 2.83. The number of amides is 2. The lowest BCUT2D eigenvalue weighted by atomic mass is 10.0. The second-order valence-electron chi connectivity index (χ2n) is 8.32. The highest BCUT2D eigenvalue weighted by Gasteiger charge is 2.32. The van der Waals surface area contributed by atoms with Gasteiger partial charge in [-0.2, -0.15) is 0 Å². The number of nitrogens with one attached hydrogen (secondary N) is 1. The third kappa shape index (κ3) is 5.49. The van der Waals surface area contributed by atoms with Gasteiger partial charge in [0.25, 0.3) is 0 Å². The van der Waals surface area contributed by atoms with Crippen LogP contribution in [0.5, 0.6) is 5.75 Å². The van der Waals surface area contributed by atoms with Crippen LogP contribution >= 0.6 is 0 Å². The van der Waals surface area contributed by atoms with Crippen LogP contribution in [0.3, 0.4) is 0 Å². The van der Waals surface area contributed by atoms with E-state index in [9.17, 15) is 9.59 Å². The molecule has 2 amide bonds. The fourth-order valence-electron chi connectivity index (χ4n) is 4.26. The second-order valence-corrected chi connectivity index (χ2v) is 8.32. The Morgan fingerprint density at radius 1 is 1.21 bits per heavy atom. The number of ether oxygens (including phenoxy) is 1. The molecule has 4 rings (SSSR count). The van der Waals surface area contributed by atoms with Crippen molar-refractivity contribution in [3.63, 3.8) is 0 Å². The first-order chi connectivity index (χ1) is 16.0. The van der Waals surface area contributed by atoms with Gasteiger partial charge in [-0.3, -0.25) is 19.5 Å². The zero-order valence-corrected chi connectivity index (χ0v) is 19.2. The molecule has 0 radical (unpaired) electrons. The summed E-state index contributed by atoms with van der Waals surface area (Å²) in [7, 11) is 1.79. The molecule has 0 saturated carbocycles. The van der Waals surface area contributed by atoms with Crippen molar-refractivity contribution in [2.75, 3.05) is 26.7 Å². The highest BCUT2D eigenvalue weighted by atomic mass is 16.5. The van der Waals surface area contributed by atoms with Gasteiger partial charge in [0.05, 0.1) is 19.1 Å². The van der Waals surface area contributed by atoms with Gasteiger partial charge in [0.15, 0.2) is 0 Å². The zero-order valence-electron chi connectivity index (χ0n) is 19.2. The van der Waals surface area contributed by atoms with Gasteiger partial charge >= 0.3 is 0 Å². The van der Waals surface area contributed by atoms with E-state index in [-0.39, 0.29) is 18.2 Å². The van der Waals surface area contributed by atoms with Crippen LogP contribution < -0.4 is 10.1 Å². The topological polar surface area (TPSA) is 74.8 Å². The van der Waals surface area contributed by atoms with E-state index in [0.717, 1.165) is 27.6 Å². The second kappa shape index (κ2) is 10.4. The van der Waals surface area contributed by atoms with Gasteiger partial charge in [-0.15, -0.1) is 0 Å². The number of carbonyl (C=O) groups excluding carboxylic acids is 2. The van der Waals surface area contributed by atoms with Crippen molar-refractivity contribution in [3.05, 3.63) is 72.1 Å². The molecular formula is C26H30N4O3. The van der Waals surface area contributed by atoms with Crippen LogP contribution in [0.2, 0.25) is 0 Å². The lowest BCUT2D eigenvalue weighted by Crippen LogP contribution is -2.56. The standard InChI is InChI=1S/C26H30N4O3/c1-3-33-22-9-7-19(8-10-22)17-30-14-13-28-26(32)24(30)15-25(31)29(2)18-21-6-4-5-20-16-27-12-11-23(20)21/h4-12,16,24H,3,13-15,17-18H2,1-2H3,(H,28,32)/t24-/m1/s1. The normalized spacial score (nSPS) is 16.4. The van der Waals surface area contributed by atoms with Crippen molar-refractivity contribution in [2.45, 2.75) is 32.5 Å². The molecule has 7 heteroatoms. The summed E-state index contributed by atoms with van der Waals surface area (Å²) < 4.78 is 5.51. The summed E-state index contributed by atoms with van der Waals surface area (Å²) >= 11 is 0. The van der Waals surface area contributed by atoms with E-state index in [4.69, 9.17) is 4.74 Å². The van der Waals surface area contributed by atoms with Gasteiger partial charge in [-0.1, -0.05) is 30.3 Å². The van der Waals surface area contributed by atoms with Crippen molar-refractivity contribution in [2.24, 2.45) is 0 Å². The number of benzene rings is 2. The Kier molecular flexibility index (Phi) is 7.19. The maximum Gasteiger partial charge on any atom is 0.237 e. The van der Waals surface area contributed by atoms with Crippen LogP contribution in [-0.4, -0.2) is 59.4 Å². The third-order valence-electron chi connectivity index (χ3n) is 6.03. The molecule has 1 aromatic heterocycles. The Morgan fingerprint density at radius 2 is 2.03 bits per heavy atom. The van der Waals surface area contributed by atoms with Gasteiger partial charge in [-0.25, -0.2) is 0 Å². The van der Waals surface area contributed by atoms with Crippen molar-refractivity contribution < 1.29 is 14.3 Å². The van der Waals surface area contributed by atoms with Gasteiger partial charge in [0.1, 0.15) is 5.75 Å². The number of pyridine rings is 1. The van der Waals surface area contributed by atoms with E-state index in [1.54, 1.807) is 18.1 Å². The van der Waals surface area contributed by atoms with Crippen molar-refractivity contribution in [3.8, 4) is 5.75 Å². The number of aromatic nitrogens is 1. The maximum absolute atomic E-state index is 13.1. The molecule has 33 heavy (non-hydrogen) atoms. The molecule has 2 heterocycles. The highest BCUT2D eigenvalue weighted by molar-refractivity contribution is 5.89. The summed E-state index contributed by atoms with van der Waals surface area (Å²) in [5.74, 6) is 0.681. The highest BCUT2D eigenvalue weighted by Crippen LogP contribution is 2.21. The molecule has 7 nitrogen and oxygen atoms in total. The largest absolute Gasteiger partial charge is 0.494 e. The minimum atomic E-state index is -0.489. The molecule has 1 saturated heterocycles. The molecular weight excluding hydrogens is 416 g/mol. The molecule has 0 unspecified atom stereocenters. The predicted molar refractivity (Wildman–Crippen MR) is 128 cm³/mol. The number of rotatable bonds is 8.